The van der Waals surface area contributed by atoms with E-state index in [0.29, 0.717) is 21.5 Å². The quantitative estimate of drug-likeness (QED) is 0.675. The Morgan fingerprint density at radius 3 is 2.52 bits per heavy atom. The Morgan fingerprint density at radius 1 is 1.09 bits per heavy atom. The lowest BCUT2D eigenvalue weighted by Gasteiger charge is -2.15. The zero-order valence-electron chi connectivity index (χ0n) is 12.2. The average Bonchev–Trinajstić information content (AvgIpc) is 3.07. The van der Waals surface area contributed by atoms with Gasteiger partial charge in [-0.05, 0) is 30.3 Å². The second-order valence-electron chi connectivity index (χ2n) is 4.87. The third-order valence-corrected chi connectivity index (χ3v) is 4.08. The number of nitrogens with zero attached hydrogens (tertiary/aromatic N) is 2. The van der Waals surface area contributed by atoms with E-state index in [9.17, 15) is 4.79 Å². The van der Waals surface area contributed by atoms with E-state index < -0.39 is 0 Å². The molecule has 0 spiro atoms. The Labute approximate surface area is 143 Å². The Kier molecular flexibility index (Phi) is 4.37. The lowest BCUT2D eigenvalue weighted by molar-refractivity contribution is 0.0988. The van der Waals surface area contributed by atoms with Crippen LogP contribution in [0.1, 0.15) is 10.5 Å². The molecule has 23 heavy (non-hydrogen) atoms. The van der Waals surface area contributed by atoms with Gasteiger partial charge in [0.05, 0.1) is 10.0 Å². The van der Waals surface area contributed by atoms with Crippen LogP contribution in [0.2, 0.25) is 10.0 Å². The molecule has 3 aromatic rings. The van der Waals surface area contributed by atoms with E-state index in [2.05, 4.69) is 4.98 Å². The van der Waals surface area contributed by atoms with Crippen molar-refractivity contribution < 1.29 is 9.21 Å². The van der Waals surface area contributed by atoms with Crippen molar-refractivity contribution in [2.75, 3.05) is 11.9 Å². The lowest BCUT2D eigenvalue weighted by atomic mass is 10.2. The highest BCUT2D eigenvalue weighted by Gasteiger charge is 2.18. The Bertz CT molecular complexity index is 847. The largest absolute Gasteiger partial charge is 0.444 e. The molecular weight excluding hydrogens is 335 g/mol. The number of aromatic nitrogens is 1. The minimum Gasteiger partial charge on any atom is -0.444 e. The van der Waals surface area contributed by atoms with Crippen LogP contribution >= 0.6 is 23.2 Å². The van der Waals surface area contributed by atoms with Gasteiger partial charge in [-0.1, -0.05) is 41.4 Å². The summed E-state index contributed by atoms with van der Waals surface area (Å²) in [4.78, 5) is 18.2. The predicted molar refractivity (Wildman–Crippen MR) is 91.1 cm³/mol. The third-order valence-electron chi connectivity index (χ3n) is 3.34. The third kappa shape index (κ3) is 3.23. The first-order valence-electron chi connectivity index (χ1n) is 6.80. The molecular formula is C17H12Cl2N2O2. The summed E-state index contributed by atoms with van der Waals surface area (Å²) in [5.74, 6) is 0.0552. The molecule has 0 unspecified atom stereocenters. The van der Waals surface area contributed by atoms with Gasteiger partial charge in [0, 0.05) is 18.3 Å². The molecule has 0 fully saturated rings. The minimum absolute atomic E-state index is 0.220. The van der Waals surface area contributed by atoms with Crippen LogP contribution in [0, 0.1) is 0 Å². The Balaban J connectivity index is 1.86. The number of anilines is 1. The fourth-order valence-corrected chi connectivity index (χ4v) is 2.37. The SMILES string of the molecule is CN(C(=O)c1coc(-c2ccc(Cl)c(Cl)c2)n1)c1ccccc1. The van der Waals surface area contributed by atoms with Crippen molar-refractivity contribution in [3.8, 4) is 11.5 Å². The van der Waals surface area contributed by atoms with Gasteiger partial charge in [0.25, 0.3) is 5.91 Å². The monoisotopic (exact) mass is 346 g/mol. The molecule has 0 saturated carbocycles. The van der Waals surface area contributed by atoms with Crippen LogP contribution in [0.4, 0.5) is 5.69 Å². The van der Waals surface area contributed by atoms with Gasteiger partial charge >= 0.3 is 0 Å². The first kappa shape index (κ1) is 15.6. The summed E-state index contributed by atoms with van der Waals surface area (Å²) in [7, 11) is 1.69. The van der Waals surface area contributed by atoms with E-state index in [4.69, 9.17) is 27.6 Å². The van der Waals surface area contributed by atoms with Crippen LogP contribution in [-0.2, 0) is 0 Å². The van der Waals surface area contributed by atoms with Gasteiger partial charge < -0.3 is 9.32 Å². The molecule has 0 aliphatic heterocycles. The molecule has 0 N–H and O–H groups in total. The van der Waals surface area contributed by atoms with E-state index in [1.165, 1.54) is 11.2 Å². The molecule has 1 amide bonds. The minimum atomic E-state index is -0.258. The van der Waals surface area contributed by atoms with Crippen molar-refractivity contribution in [1.82, 2.24) is 4.98 Å². The van der Waals surface area contributed by atoms with Crippen molar-refractivity contribution in [2.45, 2.75) is 0 Å². The molecule has 1 heterocycles. The summed E-state index contributed by atoms with van der Waals surface area (Å²) < 4.78 is 5.39. The summed E-state index contributed by atoms with van der Waals surface area (Å²) in [6.07, 6.45) is 1.33. The number of carbonyl (C=O) groups excluding carboxylic acids is 1. The molecule has 1 aromatic heterocycles. The van der Waals surface area contributed by atoms with Crippen LogP contribution < -0.4 is 4.90 Å². The second-order valence-corrected chi connectivity index (χ2v) is 5.68. The molecule has 0 radical (unpaired) electrons. The number of hydrogen-bond donors (Lipinski definition) is 0. The number of para-hydroxylation sites is 1. The van der Waals surface area contributed by atoms with E-state index >= 15 is 0 Å². The lowest BCUT2D eigenvalue weighted by Crippen LogP contribution is -2.26. The highest BCUT2D eigenvalue weighted by Crippen LogP contribution is 2.28. The number of benzene rings is 2. The van der Waals surface area contributed by atoms with Crippen LogP contribution in [0.5, 0.6) is 0 Å². The normalized spacial score (nSPS) is 10.6. The predicted octanol–water partition coefficient (Wildman–Crippen LogP) is 4.93. The number of oxazole rings is 1. The molecule has 0 atom stereocenters. The maximum atomic E-state index is 12.5. The summed E-state index contributed by atoms with van der Waals surface area (Å²) in [6.45, 7) is 0. The second kappa shape index (κ2) is 6.44. The van der Waals surface area contributed by atoms with Crippen molar-refractivity contribution >= 4 is 34.8 Å². The van der Waals surface area contributed by atoms with Gasteiger partial charge in [-0.15, -0.1) is 0 Å². The van der Waals surface area contributed by atoms with Crippen LogP contribution in [0.3, 0.4) is 0 Å². The molecule has 116 valence electrons. The molecule has 0 saturated heterocycles. The van der Waals surface area contributed by atoms with Crippen molar-refractivity contribution in [2.24, 2.45) is 0 Å². The summed E-state index contributed by atoms with van der Waals surface area (Å²) in [6, 6.07) is 14.3. The van der Waals surface area contributed by atoms with Crippen molar-refractivity contribution in [3.05, 3.63) is 70.5 Å². The molecule has 0 aliphatic carbocycles. The number of halogens is 2. The first-order chi connectivity index (χ1) is 11.1. The first-order valence-corrected chi connectivity index (χ1v) is 7.56. The van der Waals surface area contributed by atoms with Crippen molar-refractivity contribution in [3.63, 3.8) is 0 Å². The zero-order chi connectivity index (χ0) is 16.4. The number of rotatable bonds is 3. The standard InChI is InChI=1S/C17H12Cl2N2O2/c1-21(12-5-3-2-4-6-12)17(22)15-10-23-16(20-15)11-7-8-13(18)14(19)9-11/h2-10H,1H3. The van der Waals surface area contributed by atoms with Gasteiger partial charge in [0.2, 0.25) is 5.89 Å². The molecule has 3 rings (SSSR count). The zero-order valence-corrected chi connectivity index (χ0v) is 13.7. The molecule has 2 aromatic carbocycles. The summed E-state index contributed by atoms with van der Waals surface area (Å²) in [5.41, 5.74) is 1.65. The summed E-state index contributed by atoms with van der Waals surface area (Å²) in [5, 5.41) is 0.846. The highest BCUT2D eigenvalue weighted by atomic mass is 35.5. The Morgan fingerprint density at radius 2 is 1.83 bits per heavy atom. The van der Waals surface area contributed by atoms with E-state index in [-0.39, 0.29) is 11.6 Å². The molecule has 0 bridgehead atoms. The number of hydrogen-bond acceptors (Lipinski definition) is 3. The van der Waals surface area contributed by atoms with E-state index in [1.807, 2.05) is 30.3 Å². The smallest absolute Gasteiger partial charge is 0.279 e. The fourth-order valence-electron chi connectivity index (χ4n) is 2.07. The van der Waals surface area contributed by atoms with Crippen molar-refractivity contribution in [1.29, 1.82) is 0 Å². The maximum absolute atomic E-state index is 12.5. The fraction of sp³-hybridized carbons (Fsp3) is 0.0588. The Hall–Kier alpha value is -2.30. The topological polar surface area (TPSA) is 46.3 Å². The van der Waals surface area contributed by atoms with Crippen LogP contribution in [0.15, 0.2) is 59.2 Å². The van der Waals surface area contributed by atoms with E-state index in [1.54, 1.807) is 25.2 Å². The summed E-state index contributed by atoms with van der Waals surface area (Å²) >= 11 is 11.9. The molecule has 0 aliphatic rings. The number of amides is 1. The van der Waals surface area contributed by atoms with Gasteiger partial charge in [-0.25, -0.2) is 4.98 Å². The number of carbonyl (C=O) groups is 1. The van der Waals surface area contributed by atoms with Gasteiger partial charge in [0.1, 0.15) is 6.26 Å². The van der Waals surface area contributed by atoms with Gasteiger partial charge in [-0.3, -0.25) is 4.79 Å². The van der Waals surface area contributed by atoms with Gasteiger partial charge in [0.15, 0.2) is 5.69 Å². The molecule has 6 heteroatoms. The van der Waals surface area contributed by atoms with Crippen LogP contribution in [-0.4, -0.2) is 17.9 Å². The average molecular weight is 347 g/mol. The maximum Gasteiger partial charge on any atom is 0.279 e. The van der Waals surface area contributed by atoms with Gasteiger partial charge in [-0.2, -0.15) is 0 Å². The van der Waals surface area contributed by atoms with Crippen LogP contribution in [0.25, 0.3) is 11.5 Å². The van der Waals surface area contributed by atoms with E-state index in [0.717, 1.165) is 5.69 Å². The molecule has 4 nitrogen and oxygen atoms in total. The highest BCUT2D eigenvalue weighted by molar-refractivity contribution is 6.42.